The van der Waals surface area contributed by atoms with Gasteiger partial charge in [0, 0.05) is 11.8 Å². The number of nitrogens with zero attached hydrogens (tertiary/aromatic N) is 1. The smallest absolute Gasteiger partial charge is 0.142 e. The summed E-state index contributed by atoms with van der Waals surface area (Å²) in [5, 5.41) is 4.72. The van der Waals surface area contributed by atoms with E-state index in [1.54, 1.807) is 12.1 Å². The number of oxime groups is 1. The first-order chi connectivity index (χ1) is 6.79. The van der Waals surface area contributed by atoms with Gasteiger partial charge in [0.15, 0.2) is 0 Å². The third-order valence-corrected chi connectivity index (χ3v) is 2.80. The van der Waals surface area contributed by atoms with Crippen LogP contribution in [0.4, 0.5) is 4.39 Å². The summed E-state index contributed by atoms with van der Waals surface area (Å²) in [6.07, 6.45) is 0.881. The fraction of sp³-hybridized carbons (Fsp3) is 0.300. The number of halogens is 2. The van der Waals surface area contributed by atoms with Gasteiger partial charge >= 0.3 is 0 Å². The lowest BCUT2D eigenvalue weighted by atomic mass is 10.1. The van der Waals surface area contributed by atoms with Gasteiger partial charge in [-0.1, -0.05) is 33.2 Å². The van der Waals surface area contributed by atoms with E-state index in [9.17, 15) is 4.39 Å². The molecule has 2 nitrogen and oxygen atoms in total. The topological polar surface area (TPSA) is 21.6 Å². The molecular weight excluding hydrogens is 249 g/mol. The number of benzene rings is 1. The van der Waals surface area contributed by atoms with Gasteiger partial charge in [0.1, 0.15) is 11.9 Å². The van der Waals surface area contributed by atoms with Crippen LogP contribution >= 0.6 is 15.9 Å². The van der Waals surface area contributed by atoms with E-state index in [4.69, 9.17) is 4.84 Å². The summed E-state index contributed by atoms with van der Waals surface area (Å²) in [4.78, 5) is 5.15. The largest absolute Gasteiger partial charge is 0.391 e. The maximum atomic E-state index is 12.6. The van der Waals surface area contributed by atoms with Crippen molar-refractivity contribution in [2.75, 3.05) is 5.33 Å². The third-order valence-electron chi connectivity index (χ3n) is 2.08. The molecular formula is C10H9BrFNO. The van der Waals surface area contributed by atoms with Gasteiger partial charge in [0.2, 0.25) is 0 Å². The zero-order valence-corrected chi connectivity index (χ0v) is 9.00. The summed E-state index contributed by atoms with van der Waals surface area (Å²) in [7, 11) is 0. The highest BCUT2D eigenvalue weighted by atomic mass is 79.9. The fourth-order valence-electron chi connectivity index (χ4n) is 1.32. The standard InChI is InChI=1S/C10H9BrFNO/c11-6-9-5-10(13-14-9)7-1-3-8(12)4-2-7/h1-4,9H,5-6H2. The Kier molecular flexibility index (Phi) is 2.82. The van der Waals surface area contributed by atoms with Crippen molar-refractivity contribution in [2.45, 2.75) is 12.5 Å². The van der Waals surface area contributed by atoms with Gasteiger partial charge in [0.05, 0.1) is 5.71 Å². The lowest BCUT2D eigenvalue weighted by molar-refractivity contribution is 0.104. The van der Waals surface area contributed by atoms with Crippen molar-refractivity contribution in [3.63, 3.8) is 0 Å². The molecule has 74 valence electrons. The molecule has 1 unspecified atom stereocenters. The summed E-state index contributed by atoms with van der Waals surface area (Å²) >= 11 is 3.33. The van der Waals surface area contributed by atoms with Crippen LogP contribution in [0.2, 0.25) is 0 Å². The predicted molar refractivity (Wildman–Crippen MR) is 56.2 cm³/mol. The minimum atomic E-state index is -0.231. The summed E-state index contributed by atoms with van der Waals surface area (Å²) in [6, 6.07) is 6.29. The van der Waals surface area contributed by atoms with Gasteiger partial charge in [0.25, 0.3) is 0 Å². The average Bonchev–Trinajstić information content (AvgIpc) is 2.67. The van der Waals surface area contributed by atoms with Crippen LogP contribution in [0.25, 0.3) is 0 Å². The molecule has 2 rings (SSSR count). The number of hydrogen-bond donors (Lipinski definition) is 0. The van der Waals surface area contributed by atoms with Gasteiger partial charge in [-0.15, -0.1) is 0 Å². The maximum absolute atomic E-state index is 12.6. The summed E-state index contributed by atoms with van der Waals surface area (Å²) in [5.74, 6) is -0.231. The van der Waals surface area contributed by atoms with Crippen molar-refractivity contribution in [3.05, 3.63) is 35.6 Å². The van der Waals surface area contributed by atoms with Gasteiger partial charge in [-0.25, -0.2) is 4.39 Å². The number of rotatable bonds is 2. The van der Waals surface area contributed by atoms with Crippen LogP contribution in [0.3, 0.4) is 0 Å². The van der Waals surface area contributed by atoms with Crippen LogP contribution in [0.15, 0.2) is 29.4 Å². The number of alkyl halides is 1. The van der Waals surface area contributed by atoms with Gasteiger partial charge in [-0.05, 0) is 17.7 Å². The van der Waals surface area contributed by atoms with E-state index in [-0.39, 0.29) is 11.9 Å². The monoisotopic (exact) mass is 257 g/mol. The highest BCUT2D eigenvalue weighted by molar-refractivity contribution is 9.09. The van der Waals surface area contributed by atoms with E-state index >= 15 is 0 Å². The minimum absolute atomic E-state index is 0.107. The second kappa shape index (κ2) is 4.09. The minimum Gasteiger partial charge on any atom is -0.391 e. The van der Waals surface area contributed by atoms with E-state index in [1.165, 1.54) is 12.1 Å². The molecule has 0 spiro atoms. The molecule has 0 bridgehead atoms. The summed E-state index contributed by atoms with van der Waals surface area (Å²) in [6.45, 7) is 0. The van der Waals surface area contributed by atoms with Crippen molar-refractivity contribution < 1.29 is 9.23 Å². The molecule has 0 fully saturated rings. The Hall–Kier alpha value is -0.900. The molecule has 14 heavy (non-hydrogen) atoms. The van der Waals surface area contributed by atoms with Gasteiger partial charge < -0.3 is 4.84 Å². The van der Waals surface area contributed by atoms with Crippen LogP contribution in [0.1, 0.15) is 12.0 Å². The molecule has 0 saturated heterocycles. The molecule has 1 aliphatic rings. The quantitative estimate of drug-likeness (QED) is 0.747. The van der Waals surface area contributed by atoms with Crippen molar-refractivity contribution in [3.8, 4) is 0 Å². The van der Waals surface area contributed by atoms with Crippen LogP contribution in [0.5, 0.6) is 0 Å². The Bertz CT molecular complexity index is 350. The Morgan fingerprint density at radius 2 is 2.14 bits per heavy atom. The van der Waals surface area contributed by atoms with Crippen molar-refractivity contribution in [1.29, 1.82) is 0 Å². The second-order valence-corrected chi connectivity index (χ2v) is 3.78. The summed E-state index contributed by atoms with van der Waals surface area (Å²) < 4.78 is 12.6. The molecule has 1 aromatic rings. The second-order valence-electron chi connectivity index (χ2n) is 3.13. The SMILES string of the molecule is Fc1ccc(C2=NOC(CBr)C2)cc1. The van der Waals surface area contributed by atoms with Crippen LogP contribution < -0.4 is 0 Å². The average molecular weight is 258 g/mol. The molecule has 1 aromatic carbocycles. The fourth-order valence-corrected chi connectivity index (χ4v) is 1.67. The lowest BCUT2D eigenvalue weighted by Crippen LogP contribution is -2.09. The van der Waals surface area contributed by atoms with Crippen LogP contribution in [0, 0.1) is 5.82 Å². The molecule has 0 aromatic heterocycles. The van der Waals surface area contributed by atoms with Crippen LogP contribution in [-0.2, 0) is 4.84 Å². The van der Waals surface area contributed by atoms with Crippen LogP contribution in [-0.4, -0.2) is 17.1 Å². The summed E-state index contributed by atoms with van der Waals surface area (Å²) in [5.41, 5.74) is 1.81. The zero-order chi connectivity index (χ0) is 9.97. The Labute approximate surface area is 89.9 Å². The molecule has 1 atom stereocenters. The van der Waals surface area contributed by atoms with E-state index in [1.807, 2.05) is 0 Å². The van der Waals surface area contributed by atoms with Gasteiger partial charge in [-0.2, -0.15) is 0 Å². The normalized spacial score (nSPS) is 20.4. The highest BCUT2D eigenvalue weighted by Crippen LogP contribution is 2.18. The Morgan fingerprint density at radius 1 is 1.43 bits per heavy atom. The predicted octanol–water partition coefficient (Wildman–Crippen LogP) is 2.71. The Morgan fingerprint density at radius 3 is 2.71 bits per heavy atom. The Balaban J connectivity index is 2.13. The molecule has 1 aliphatic heterocycles. The first-order valence-electron chi connectivity index (χ1n) is 4.34. The molecule has 0 saturated carbocycles. The van der Waals surface area contributed by atoms with E-state index in [0.29, 0.717) is 0 Å². The first kappa shape index (κ1) is 9.65. The molecule has 0 N–H and O–H groups in total. The molecule has 4 heteroatoms. The number of hydrogen-bond acceptors (Lipinski definition) is 2. The van der Waals surface area contributed by atoms with Crippen molar-refractivity contribution >= 4 is 21.6 Å². The van der Waals surface area contributed by atoms with E-state index in [2.05, 4.69) is 21.1 Å². The van der Waals surface area contributed by atoms with E-state index < -0.39 is 0 Å². The van der Waals surface area contributed by atoms with Crippen molar-refractivity contribution in [1.82, 2.24) is 0 Å². The zero-order valence-electron chi connectivity index (χ0n) is 7.41. The van der Waals surface area contributed by atoms with Gasteiger partial charge in [-0.3, -0.25) is 0 Å². The van der Waals surface area contributed by atoms with Crippen molar-refractivity contribution in [2.24, 2.45) is 5.16 Å². The first-order valence-corrected chi connectivity index (χ1v) is 5.46. The lowest BCUT2D eigenvalue weighted by Gasteiger charge is -2.01. The maximum Gasteiger partial charge on any atom is 0.142 e. The molecule has 1 heterocycles. The third kappa shape index (κ3) is 1.95. The molecule has 0 aliphatic carbocycles. The molecule has 0 amide bonds. The highest BCUT2D eigenvalue weighted by Gasteiger charge is 2.20. The molecule has 0 radical (unpaired) electrons. The van der Waals surface area contributed by atoms with E-state index in [0.717, 1.165) is 23.0 Å².